The number of allylic oxidation sites excluding steroid dienone is 2. The maximum absolute atomic E-state index is 12.5. The predicted octanol–water partition coefficient (Wildman–Crippen LogP) is 1.50. The van der Waals surface area contributed by atoms with E-state index in [1.807, 2.05) is 0 Å². The number of halogens is 4. The third-order valence-corrected chi connectivity index (χ3v) is 2.51. The van der Waals surface area contributed by atoms with Crippen LogP contribution < -0.4 is 5.32 Å². The van der Waals surface area contributed by atoms with Gasteiger partial charge in [0.05, 0.1) is 11.1 Å². The number of carboxylic acids is 1. The fraction of sp³-hybridized carbons (Fsp3) is 0.125. The molecule has 0 amide bonds. The zero-order valence-corrected chi connectivity index (χ0v) is 9.81. The highest BCUT2D eigenvalue weighted by Crippen LogP contribution is 2.39. The molecule has 16 heavy (non-hydrogen) atoms. The number of nitrogens with one attached hydrogen (secondary N) is 1. The van der Waals surface area contributed by atoms with E-state index in [0.29, 0.717) is 0 Å². The van der Waals surface area contributed by atoms with Gasteiger partial charge in [-0.15, -0.1) is 0 Å². The van der Waals surface area contributed by atoms with Crippen LogP contribution in [-0.4, -0.2) is 22.7 Å². The van der Waals surface area contributed by atoms with E-state index < -0.39 is 23.3 Å². The van der Waals surface area contributed by atoms with Crippen molar-refractivity contribution in [1.29, 1.82) is 0 Å². The summed E-state index contributed by atoms with van der Waals surface area (Å²) in [7, 11) is 0. The first kappa shape index (κ1) is 15.0. The molecule has 0 saturated carbocycles. The molecule has 0 bridgehead atoms. The highest BCUT2D eigenvalue weighted by molar-refractivity contribution is 14.1. The predicted molar refractivity (Wildman–Crippen MR) is 58.7 cm³/mol. The van der Waals surface area contributed by atoms with Crippen molar-refractivity contribution in [3.8, 4) is 0 Å². The zero-order chi connectivity index (χ0) is 11.8. The van der Waals surface area contributed by atoms with Crippen molar-refractivity contribution in [3.63, 3.8) is 0 Å². The molecule has 8 heteroatoms. The number of hydrogen-bond donors (Lipinski definition) is 2. The van der Waals surface area contributed by atoms with Gasteiger partial charge in [0, 0.05) is 15.5 Å². The lowest BCUT2D eigenvalue weighted by molar-refractivity contribution is -0.133. The number of rotatable bonds is 1. The fourth-order valence-corrected chi connectivity index (χ4v) is 1.81. The van der Waals surface area contributed by atoms with Crippen LogP contribution in [0.4, 0.5) is 13.2 Å². The van der Waals surface area contributed by atoms with Crippen molar-refractivity contribution in [2.24, 2.45) is 0 Å². The van der Waals surface area contributed by atoms with Crippen molar-refractivity contribution < 1.29 is 28.5 Å². The van der Waals surface area contributed by atoms with Crippen molar-refractivity contribution in [1.82, 2.24) is 5.32 Å². The van der Waals surface area contributed by atoms with Gasteiger partial charge in [0.1, 0.15) is 0 Å². The molecule has 0 spiro atoms. The average molecular weight is 349 g/mol. The summed E-state index contributed by atoms with van der Waals surface area (Å²) >= 11 is 1.42. The second-order valence-corrected chi connectivity index (χ2v) is 3.83. The minimum absolute atomic E-state index is 0. The largest absolute Gasteiger partial charge is 0.478 e. The van der Waals surface area contributed by atoms with Crippen molar-refractivity contribution in [3.05, 3.63) is 33.2 Å². The number of dihydropyridines is 1. The quantitative estimate of drug-likeness (QED) is 0.704. The third-order valence-electron chi connectivity index (χ3n) is 1.66. The van der Waals surface area contributed by atoms with Gasteiger partial charge in [0.2, 0.25) is 0 Å². The molecule has 0 radical (unpaired) electrons. The van der Waals surface area contributed by atoms with E-state index in [2.05, 4.69) is 11.9 Å². The normalized spacial score (nSPS) is 16.2. The van der Waals surface area contributed by atoms with E-state index in [4.69, 9.17) is 5.11 Å². The molecule has 4 N–H and O–H groups in total. The van der Waals surface area contributed by atoms with Crippen LogP contribution in [0, 0.1) is 0 Å². The monoisotopic (exact) mass is 349 g/mol. The van der Waals surface area contributed by atoms with Gasteiger partial charge >= 0.3 is 12.1 Å². The summed E-state index contributed by atoms with van der Waals surface area (Å²) in [4.78, 5) is 10.7. The van der Waals surface area contributed by atoms with E-state index in [1.165, 1.54) is 22.6 Å². The average Bonchev–Trinajstić information content (AvgIpc) is 2.05. The molecule has 1 rings (SSSR count). The van der Waals surface area contributed by atoms with Crippen LogP contribution in [0.2, 0.25) is 0 Å². The van der Waals surface area contributed by atoms with Crippen LogP contribution in [0.25, 0.3) is 0 Å². The molecular formula is C8H7F3INO3. The van der Waals surface area contributed by atoms with Crippen LogP contribution >= 0.6 is 22.6 Å². The van der Waals surface area contributed by atoms with Gasteiger partial charge in [0.25, 0.3) is 0 Å². The molecule has 1 heterocycles. The third kappa shape index (κ3) is 2.76. The van der Waals surface area contributed by atoms with Gasteiger partial charge in [0.15, 0.2) is 0 Å². The molecule has 0 saturated heterocycles. The number of carbonyl (C=O) groups is 1. The molecule has 0 fully saturated rings. The molecule has 1 aliphatic rings. The van der Waals surface area contributed by atoms with E-state index in [0.717, 1.165) is 6.20 Å². The Morgan fingerprint density at radius 2 is 2.00 bits per heavy atom. The molecule has 0 aromatic carbocycles. The van der Waals surface area contributed by atoms with Crippen molar-refractivity contribution in [2.45, 2.75) is 6.18 Å². The first-order valence-electron chi connectivity index (χ1n) is 3.61. The van der Waals surface area contributed by atoms with Gasteiger partial charge in [-0.05, 0) is 22.6 Å². The summed E-state index contributed by atoms with van der Waals surface area (Å²) in [6.07, 6.45) is -3.63. The van der Waals surface area contributed by atoms with Gasteiger partial charge in [-0.2, -0.15) is 13.2 Å². The number of hydrogen-bond acceptors (Lipinski definition) is 2. The Bertz CT molecular complexity index is 398. The van der Waals surface area contributed by atoms with Crippen molar-refractivity contribution >= 4 is 28.6 Å². The SMILES string of the molecule is C=C1NC=C(I)C(C(F)(F)F)=C1C(=O)O.O. The summed E-state index contributed by atoms with van der Waals surface area (Å²) in [5, 5.41) is 11.0. The Labute approximate surface area is 102 Å². The Hall–Kier alpha value is -1.03. The number of aliphatic carboxylic acids is 1. The van der Waals surface area contributed by atoms with E-state index in [1.54, 1.807) is 0 Å². The van der Waals surface area contributed by atoms with Gasteiger partial charge < -0.3 is 15.9 Å². The smallest absolute Gasteiger partial charge is 0.418 e. The zero-order valence-electron chi connectivity index (χ0n) is 7.65. The summed E-state index contributed by atoms with van der Waals surface area (Å²) in [5.41, 5.74) is -2.27. The number of alkyl halides is 3. The molecule has 1 aliphatic heterocycles. The minimum atomic E-state index is -4.70. The van der Waals surface area contributed by atoms with Crippen LogP contribution in [0.5, 0.6) is 0 Å². The Balaban J connectivity index is 0.00000225. The van der Waals surface area contributed by atoms with E-state index in [-0.39, 0.29) is 14.8 Å². The topological polar surface area (TPSA) is 80.8 Å². The van der Waals surface area contributed by atoms with Gasteiger partial charge in [-0.25, -0.2) is 4.79 Å². The van der Waals surface area contributed by atoms with Crippen LogP contribution in [0.3, 0.4) is 0 Å². The molecule has 0 unspecified atom stereocenters. The summed E-state index contributed by atoms with van der Waals surface area (Å²) in [5.74, 6) is -1.65. The molecular weight excluding hydrogens is 342 g/mol. The molecule has 4 nitrogen and oxygen atoms in total. The van der Waals surface area contributed by atoms with E-state index >= 15 is 0 Å². The summed E-state index contributed by atoms with van der Waals surface area (Å²) in [6, 6.07) is 0. The molecule has 0 aliphatic carbocycles. The second-order valence-electron chi connectivity index (χ2n) is 2.67. The van der Waals surface area contributed by atoms with Crippen molar-refractivity contribution in [2.75, 3.05) is 0 Å². The first-order valence-corrected chi connectivity index (χ1v) is 4.69. The van der Waals surface area contributed by atoms with Gasteiger partial charge in [-0.3, -0.25) is 0 Å². The lowest BCUT2D eigenvalue weighted by Gasteiger charge is -2.21. The maximum Gasteiger partial charge on any atom is 0.418 e. The van der Waals surface area contributed by atoms with Gasteiger partial charge in [-0.1, -0.05) is 6.58 Å². The standard InChI is InChI=1S/C8H5F3INO2.H2O/c1-3-5(7(14)15)6(8(9,10)11)4(12)2-13-3;/h2,13H,1H2,(H,14,15);1H2. The maximum atomic E-state index is 12.5. The Morgan fingerprint density at radius 1 is 1.50 bits per heavy atom. The molecule has 90 valence electrons. The van der Waals surface area contributed by atoms with E-state index in [9.17, 15) is 18.0 Å². The molecule has 0 aromatic heterocycles. The highest BCUT2D eigenvalue weighted by atomic mass is 127. The fourth-order valence-electron chi connectivity index (χ4n) is 1.08. The van der Waals surface area contributed by atoms with Crippen LogP contribution in [0.1, 0.15) is 0 Å². The number of carboxylic acid groups (broad SMARTS) is 1. The first-order chi connectivity index (χ1) is 6.75. The molecule has 0 aromatic rings. The summed E-state index contributed by atoms with van der Waals surface area (Å²) < 4.78 is 37.4. The second kappa shape index (κ2) is 4.87. The minimum Gasteiger partial charge on any atom is -0.478 e. The van der Waals surface area contributed by atoms with Crippen LogP contribution in [0.15, 0.2) is 33.2 Å². The highest BCUT2D eigenvalue weighted by Gasteiger charge is 2.41. The Morgan fingerprint density at radius 3 is 2.31 bits per heavy atom. The lowest BCUT2D eigenvalue weighted by atomic mass is 10.0. The molecule has 0 atom stereocenters. The lowest BCUT2D eigenvalue weighted by Crippen LogP contribution is -2.26. The van der Waals surface area contributed by atoms with Crippen LogP contribution in [-0.2, 0) is 4.79 Å². The Kier molecular flexibility index (Phi) is 4.56. The summed E-state index contributed by atoms with van der Waals surface area (Å²) in [6.45, 7) is 3.22.